The average molecular weight is 322 g/mol. The number of hydrogen-bond donors (Lipinski definition) is 0. The second-order valence-electron chi connectivity index (χ2n) is 4.96. The lowest BCUT2D eigenvalue weighted by Crippen LogP contribution is -1.98. The predicted molar refractivity (Wildman–Crippen MR) is 84.1 cm³/mol. The topological polar surface area (TPSA) is 119 Å². The Morgan fingerprint density at radius 2 is 1.29 bits per heavy atom. The second-order valence-corrected chi connectivity index (χ2v) is 4.96. The summed E-state index contributed by atoms with van der Waals surface area (Å²) >= 11 is 0. The van der Waals surface area contributed by atoms with Gasteiger partial charge in [0.15, 0.2) is 0 Å². The van der Waals surface area contributed by atoms with Gasteiger partial charge < -0.3 is 8.83 Å². The Hall–Kier alpha value is -3.68. The molecule has 2 heterocycles. The molecule has 0 N–H and O–H groups in total. The molecule has 0 atom stereocenters. The number of azo groups is 1. The zero-order valence-electron chi connectivity index (χ0n) is 11.8. The minimum Gasteiger partial charge on any atom is -0.386 e. The van der Waals surface area contributed by atoms with Crippen LogP contribution in [0.25, 0.3) is 21.5 Å². The molecule has 0 aliphatic heterocycles. The average Bonchev–Trinajstić information content (AvgIpc) is 3.02. The van der Waals surface area contributed by atoms with Crippen molar-refractivity contribution in [2.75, 3.05) is 0 Å². The minimum atomic E-state index is -1.02. The third-order valence-corrected chi connectivity index (χ3v) is 3.54. The summed E-state index contributed by atoms with van der Waals surface area (Å²) in [6.07, 6.45) is 0. The van der Waals surface area contributed by atoms with E-state index in [1.165, 1.54) is 6.07 Å². The smallest absolute Gasteiger partial charge is 0.349 e. The van der Waals surface area contributed by atoms with Crippen LogP contribution >= 0.6 is 0 Å². The fourth-order valence-electron chi connectivity index (χ4n) is 2.51. The van der Waals surface area contributed by atoms with Crippen LogP contribution in [-0.4, -0.2) is 0 Å². The van der Waals surface area contributed by atoms with Gasteiger partial charge >= 0.3 is 22.5 Å². The third kappa shape index (κ3) is 1.93. The first-order valence-corrected chi connectivity index (χ1v) is 6.77. The standard InChI is InChI=1S/C16H6N2O6/c19-13-8-6-9(18-17-7-4-2-1-3-5-7)11-12(10(8)14(20)23-13)16(22)24-15(11)21/h1-6H. The van der Waals surface area contributed by atoms with E-state index in [1.807, 2.05) is 0 Å². The molecule has 0 unspecified atom stereocenters. The van der Waals surface area contributed by atoms with Crippen molar-refractivity contribution in [3.05, 3.63) is 78.1 Å². The first kappa shape index (κ1) is 13.9. The fourth-order valence-corrected chi connectivity index (χ4v) is 2.51. The largest absolute Gasteiger partial charge is 0.386 e. The second kappa shape index (κ2) is 4.92. The first-order valence-electron chi connectivity index (χ1n) is 6.77. The van der Waals surface area contributed by atoms with Gasteiger partial charge in [-0.3, -0.25) is 0 Å². The molecule has 116 valence electrons. The molecule has 0 amide bonds. The van der Waals surface area contributed by atoms with E-state index >= 15 is 0 Å². The Morgan fingerprint density at radius 1 is 0.667 bits per heavy atom. The van der Waals surface area contributed by atoms with Gasteiger partial charge in [0.05, 0.1) is 21.8 Å². The Morgan fingerprint density at radius 3 is 2.04 bits per heavy atom. The lowest BCUT2D eigenvalue weighted by atomic mass is 10.1. The fraction of sp³-hybridized carbons (Fsp3) is 0. The highest BCUT2D eigenvalue weighted by atomic mass is 16.4. The quantitative estimate of drug-likeness (QED) is 0.520. The van der Waals surface area contributed by atoms with Crippen LogP contribution in [-0.2, 0) is 0 Å². The van der Waals surface area contributed by atoms with E-state index in [0.717, 1.165) is 0 Å². The molecule has 0 aliphatic rings. The molecule has 4 rings (SSSR count). The van der Waals surface area contributed by atoms with Crippen LogP contribution < -0.4 is 22.5 Å². The monoisotopic (exact) mass is 322 g/mol. The number of hydrogen-bond acceptors (Lipinski definition) is 8. The molecule has 8 nitrogen and oxygen atoms in total. The van der Waals surface area contributed by atoms with E-state index < -0.39 is 22.5 Å². The molecule has 2 aromatic heterocycles. The van der Waals surface area contributed by atoms with Crippen molar-refractivity contribution in [1.82, 2.24) is 0 Å². The number of fused-ring (bicyclic) bond motifs is 3. The van der Waals surface area contributed by atoms with Gasteiger partial charge in [-0.05, 0) is 18.2 Å². The zero-order chi connectivity index (χ0) is 16.8. The van der Waals surface area contributed by atoms with E-state index in [0.29, 0.717) is 5.69 Å². The van der Waals surface area contributed by atoms with Crippen molar-refractivity contribution in [3.63, 3.8) is 0 Å². The molecule has 8 heteroatoms. The zero-order valence-corrected chi connectivity index (χ0v) is 11.8. The highest BCUT2D eigenvalue weighted by molar-refractivity contribution is 6.11. The van der Waals surface area contributed by atoms with Crippen molar-refractivity contribution in [2.24, 2.45) is 10.2 Å². The number of benzene rings is 2. The van der Waals surface area contributed by atoms with Gasteiger partial charge in [-0.2, -0.15) is 5.11 Å². The van der Waals surface area contributed by atoms with Crippen LogP contribution in [0.4, 0.5) is 11.4 Å². The SMILES string of the molecule is O=c1oc(=O)c2c1cc(N=Nc1ccccc1)c1c(=O)oc(=O)c12. The number of rotatable bonds is 2. The molecule has 2 aromatic carbocycles. The predicted octanol–water partition coefficient (Wildman–Crippen LogP) is 1.91. The summed E-state index contributed by atoms with van der Waals surface area (Å²) in [6, 6.07) is 9.83. The van der Waals surface area contributed by atoms with Gasteiger partial charge in [0.1, 0.15) is 11.1 Å². The minimum absolute atomic E-state index is 0.0462. The van der Waals surface area contributed by atoms with Crippen molar-refractivity contribution < 1.29 is 8.83 Å². The summed E-state index contributed by atoms with van der Waals surface area (Å²) in [7, 11) is 0. The number of furan rings is 2. The maximum absolute atomic E-state index is 11.9. The van der Waals surface area contributed by atoms with E-state index in [2.05, 4.69) is 19.1 Å². The van der Waals surface area contributed by atoms with Crippen LogP contribution in [0.3, 0.4) is 0 Å². The van der Waals surface area contributed by atoms with E-state index in [9.17, 15) is 19.2 Å². The highest BCUT2D eigenvalue weighted by Gasteiger charge is 2.22. The normalized spacial score (nSPS) is 11.8. The van der Waals surface area contributed by atoms with E-state index in [1.54, 1.807) is 30.3 Å². The Kier molecular flexibility index (Phi) is 2.86. The molecule has 0 aliphatic carbocycles. The van der Waals surface area contributed by atoms with Crippen molar-refractivity contribution in [1.29, 1.82) is 0 Å². The van der Waals surface area contributed by atoms with Gasteiger partial charge in [-0.15, -0.1) is 5.11 Å². The summed E-state index contributed by atoms with van der Waals surface area (Å²) in [5, 5.41) is 6.94. The maximum Gasteiger partial charge on any atom is 0.349 e. The molecular weight excluding hydrogens is 316 g/mol. The van der Waals surface area contributed by atoms with Gasteiger partial charge in [-0.25, -0.2) is 19.2 Å². The summed E-state index contributed by atoms with van der Waals surface area (Å²) in [5.74, 6) is 0. The Bertz CT molecular complexity index is 1320. The van der Waals surface area contributed by atoms with Crippen LogP contribution in [0.15, 0.2) is 74.6 Å². The maximum atomic E-state index is 11.9. The van der Waals surface area contributed by atoms with Gasteiger partial charge in [-0.1, -0.05) is 18.2 Å². The van der Waals surface area contributed by atoms with Crippen LogP contribution in [0.2, 0.25) is 0 Å². The molecule has 0 radical (unpaired) electrons. The lowest BCUT2D eigenvalue weighted by molar-refractivity contribution is 0.497. The Labute approximate surface area is 131 Å². The van der Waals surface area contributed by atoms with Crippen molar-refractivity contribution >= 4 is 32.9 Å². The molecule has 0 fully saturated rings. The van der Waals surface area contributed by atoms with Crippen molar-refractivity contribution in [2.45, 2.75) is 0 Å². The highest BCUT2D eigenvalue weighted by Crippen LogP contribution is 2.29. The molecule has 4 aromatic rings. The van der Waals surface area contributed by atoms with Crippen LogP contribution in [0.5, 0.6) is 0 Å². The van der Waals surface area contributed by atoms with Crippen LogP contribution in [0, 0.1) is 0 Å². The van der Waals surface area contributed by atoms with Gasteiger partial charge in [0, 0.05) is 0 Å². The van der Waals surface area contributed by atoms with Crippen molar-refractivity contribution in [3.8, 4) is 0 Å². The molecule has 0 saturated heterocycles. The molecule has 0 spiro atoms. The molecule has 0 bridgehead atoms. The van der Waals surface area contributed by atoms with Gasteiger partial charge in [0.25, 0.3) is 0 Å². The number of nitrogens with zero attached hydrogens (tertiary/aromatic N) is 2. The summed E-state index contributed by atoms with van der Waals surface area (Å²) in [5.41, 5.74) is -3.43. The summed E-state index contributed by atoms with van der Waals surface area (Å²) in [6.45, 7) is 0. The van der Waals surface area contributed by atoms with E-state index in [4.69, 9.17) is 0 Å². The summed E-state index contributed by atoms with van der Waals surface area (Å²) in [4.78, 5) is 47.3. The van der Waals surface area contributed by atoms with E-state index in [-0.39, 0.29) is 27.2 Å². The van der Waals surface area contributed by atoms with Crippen LogP contribution in [0.1, 0.15) is 0 Å². The first-order chi connectivity index (χ1) is 11.6. The summed E-state index contributed by atoms with van der Waals surface area (Å²) < 4.78 is 9.02. The molecular formula is C16H6N2O6. The molecule has 24 heavy (non-hydrogen) atoms. The Balaban J connectivity index is 2.12. The van der Waals surface area contributed by atoms with Gasteiger partial charge in [0.2, 0.25) is 0 Å². The lowest BCUT2D eigenvalue weighted by Gasteiger charge is -1.95. The molecule has 0 saturated carbocycles. The third-order valence-electron chi connectivity index (χ3n) is 3.54.